The van der Waals surface area contributed by atoms with E-state index in [9.17, 15) is 10.1 Å². The summed E-state index contributed by atoms with van der Waals surface area (Å²) < 4.78 is 0. The second kappa shape index (κ2) is 7.59. The van der Waals surface area contributed by atoms with Crippen molar-refractivity contribution < 1.29 is 4.92 Å². The van der Waals surface area contributed by atoms with Gasteiger partial charge in [-0.25, -0.2) is 9.98 Å². The largest absolute Gasteiger partial charge is 0.342 e. The number of pyridine rings is 1. The third-order valence-corrected chi connectivity index (χ3v) is 5.26. The second-order valence-electron chi connectivity index (χ2n) is 6.08. The van der Waals surface area contributed by atoms with E-state index in [-0.39, 0.29) is 5.69 Å². The van der Waals surface area contributed by atoms with Gasteiger partial charge in [-0.1, -0.05) is 36.4 Å². The summed E-state index contributed by atoms with van der Waals surface area (Å²) in [5.74, 6) is 0. The van der Waals surface area contributed by atoms with Gasteiger partial charge >= 0.3 is 0 Å². The van der Waals surface area contributed by atoms with Crippen molar-refractivity contribution in [3.8, 4) is 0 Å². The smallest absolute Gasteiger partial charge is 0.269 e. The quantitative estimate of drug-likeness (QED) is 0.484. The molecule has 0 bridgehead atoms. The van der Waals surface area contributed by atoms with Gasteiger partial charge in [0.15, 0.2) is 5.17 Å². The topological polar surface area (TPSA) is 71.6 Å². The normalized spacial score (nSPS) is 14.8. The molecule has 0 spiro atoms. The van der Waals surface area contributed by atoms with Crippen molar-refractivity contribution in [1.82, 2.24) is 9.88 Å². The molecular weight excluding hydrogens is 360 g/mol. The Morgan fingerprint density at radius 3 is 2.59 bits per heavy atom. The van der Waals surface area contributed by atoms with E-state index in [1.54, 1.807) is 18.3 Å². The number of hydrogen-bond donors (Lipinski definition) is 0. The number of benzene rings is 2. The van der Waals surface area contributed by atoms with Gasteiger partial charge in [-0.05, 0) is 35.5 Å². The molecule has 27 heavy (non-hydrogen) atoms. The molecule has 0 radical (unpaired) electrons. The number of rotatable bonds is 4. The number of aromatic nitrogens is 1. The summed E-state index contributed by atoms with van der Waals surface area (Å²) in [7, 11) is 0. The third kappa shape index (κ3) is 3.98. The lowest BCUT2D eigenvalue weighted by molar-refractivity contribution is -0.384. The zero-order valence-electron chi connectivity index (χ0n) is 14.4. The van der Waals surface area contributed by atoms with Crippen LogP contribution in [0.4, 0.5) is 11.4 Å². The fourth-order valence-corrected chi connectivity index (χ4v) is 3.80. The van der Waals surface area contributed by atoms with Crippen molar-refractivity contribution in [3.05, 3.63) is 94.2 Å². The van der Waals surface area contributed by atoms with E-state index < -0.39 is 4.92 Å². The summed E-state index contributed by atoms with van der Waals surface area (Å²) in [6, 6.07) is 20.5. The van der Waals surface area contributed by atoms with E-state index in [1.807, 2.05) is 24.3 Å². The van der Waals surface area contributed by atoms with E-state index >= 15 is 0 Å². The molecule has 7 heteroatoms. The fourth-order valence-electron chi connectivity index (χ4n) is 2.84. The first-order chi connectivity index (χ1) is 13.2. The molecule has 2 heterocycles. The van der Waals surface area contributed by atoms with Gasteiger partial charge in [-0.15, -0.1) is 0 Å². The molecule has 0 fully saturated rings. The molecule has 0 unspecified atom stereocenters. The minimum absolute atomic E-state index is 0.0587. The van der Waals surface area contributed by atoms with E-state index in [0.29, 0.717) is 5.69 Å². The van der Waals surface area contributed by atoms with Crippen LogP contribution in [-0.2, 0) is 13.1 Å². The van der Waals surface area contributed by atoms with Crippen LogP contribution >= 0.6 is 11.8 Å². The number of hydrogen-bond acceptors (Lipinski definition) is 5. The molecule has 0 aliphatic carbocycles. The highest BCUT2D eigenvalue weighted by molar-refractivity contribution is 8.13. The van der Waals surface area contributed by atoms with E-state index in [0.717, 1.165) is 23.3 Å². The summed E-state index contributed by atoms with van der Waals surface area (Å²) >= 11 is 1.52. The van der Waals surface area contributed by atoms with Crippen LogP contribution in [-0.4, -0.2) is 20.0 Å². The summed E-state index contributed by atoms with van der Waals surface area (Å²) in [4.78, 5) is 21.8. The average Bonchev–Trinajstić information content (AvgIpc) is 2.69. The SMILES string of the molecule is O=[N+]([O-])c1ccc(N=C2Sc3ncccc3CN2Cc2ccccc2)cc1. The first kappa shape index (κ1) is 17.2. The van der Waals surface area contributed by atoms with Crippen molar-refractivity contribution in [2.75, 3.05) is 0 Å². The van der Waals surface area contributed by atoms with Crippen LogP contribution in [0.2, 0.25) is 0 Å². The Balaban J connectivity index is 1.67. The standard InChI is InChI=1S/C20H16N4O2S/c25-24(26)18-10-8-17(9-11-18)22-20-23(13-15-5-2-1-3-6-15)14-16-7-4-12-21-19(16)27-20/h1-12H,13-14H2. The highest BCUT2D eigenvalue weighted by atomic mass is 32.2. The second-order valence-corrected chi connectivity index (χ2v) is 7.04. The molecule has 2 aromatic carbocycles. The Bertz CT molecular complexity index is 990. The fraction of sp³-hybridized carbons (Fsp3) is 0.100. The minimum Gasteiger partial charge on any atom is -0.342 e. The molecule has 1 aliphatic heterocycles. The number of amidine groups is 1. The van der Waals surface area contributed by atoms with Gasteiger partial charge < -0.3 is 4.90 Å². The highest BCUT2D eigenvalue weighted by Gasteiger charge is 2.23. The molecule has 1 aromatic heterocycles. The molecule has 1 aliphatic rings. The van der Waals surface area contributed by atoms with Gasteiger partial charge in [0.25, 0.3) is 5.69 Å². The lowest BCUT2D eigenvalue weighted by Crippen LogP contribution is -2.31. The van der Waals surface area contributed by atoms with E-state index in [1.165, 1.54) is 35.0 Å². The van der Waals surface area contributed by atoms with Crippen LogP contribution in [0.25, 0.3) is 0 Å². The highest BCUT2D eigenvalue weighted by Crippen LogP contribution is 2.33. The lowest BCUT2D eigenvalue weighted by Gasteiger charge is -2.30. The molecule has 134 valence electrons. The summed E-state index contributed by atoms with van der Waals surface area (Å²) in [5, 5.41) is 12.6. The predicted molar refractivity (Wildman–Crippen MR) is 106 cm³/mol. The van der Waals surface area contributed by atoms with Gasteiger partial charge in [0, 0.05) is 37.0 Å². The number of thioether (sulfide) groups is 1. The Kier molecular flexibility index (Phi) is 4.84. The number of fused-ring (bicyclic) bond motifs is 1. The van der Waals surface area contributed by atoms with Crippen LogP contribution in [0.3, 0.4) is 0 Å². The molecule has 0 amide bonds. The van der Waals surface area contributed by atoms with Crippen LogP contribution in [0.15, 0.2) is 82.9 Å². The maximum Gasteiger partial charge on any atom is 0.269 e. The van der Waals surface area contributed by atoms with Crippen LogP contribution in [0.1, 0.15) is 11.1 Å². The number of aliphatic imine (C=N–C) groups is 1. The summed E-state index contributed by atoms with van der Waals surface area (Å²) in [6.07, 6.45) is 1.78. The zero-order valence-corrected chi connectivity index (χ0v) is 15.2. The third-order valence-electron chi connectivity index (χ3n) is 4.17. The number of nitrogens with zero attached hydrogens (tertiary/aromatic N) is 4. The van der Waals surface area contributed by atoms with Crippen LogP contribution in [0.5, 0.6) is 0 Å². The Morgan fingerprint density at radius 2 is 1.85 bits per heavy atom. The van der Waals surface area contributed by atoms with Gasteiger partial charge in [0.05, 0.1) is 10.6 Å². The van der Waals surface area contributed by atoms with Gasteiger partial charge in [-0.3, -0.25) is 10.1 Å². The molecule has 0 saturated carbocycles. The minimum atomic E-state index is -0.409. The van der Waals surface area contributed by atoms with Crippen molar-refractivity contribution >= 4 is 28.3 Å². The molecule has 0 N–H and O–H groups in total. The predicted octanol–water partition coefficient (Wildman–Crippen LogP) is 4.79. The molecule has 0 atom stereocenters. The van der Waals surface area contributed by atoms with E-state index in [2.05, 4.69) is 28.1 Å². The van der Waals surface area contributed by atoms with Gasteiger partial charge in [0.2, 0.25) is 0 Å². The lowest BCUT2D eigenvalue weighted by atomic mass is 10.2. The average molecular weight is 376 g/mol. The molecule has 3 aromatic rings. The Morgan fingerprint density at radius 1 is 1.07 bits per heavy atom. The summed E-state index contributed by atoms with van der Waals surface area (Å²) in [5.41, 5.74) is 3.10. The van der Waals surface area contributed by atoms with Crippen molar-refractivity contribution in [2.45, 2.75) is 18.1 Å². The molecular formula is C20H16N4O2S. The van der Waals surface area contributed by atoms with Crippen LogP contribution in [0, 0.1) is 10.1 Å². The number of non-ortho nitro benzene ring substituents is 1. The van der Waals surface area contributed by atoms with Crippen molar-refractivity contribution in [2.24, 2.45) is 4.99 Å². The maximum atomic E-state index is 10.8. The molecule has 4 rings (SSSR count). The maximum absolute atomic E-state index is 10.8. The van der Waals surface area contributed by atoms with Gasteiger partial charge in [0.1, 0.15) is 5.03 Å². The van der Waals surface area contributed by atoms with Crippen molar-refractivity contribution in [3.63, 3.8) is 0 Å². The first-order valence-electron chi connectivity index (χ1n) is 8.43. The summed E-state index contributed by atoms with van der Waals surface area (Å²) in [6.45, 7) is 1.45. The van der Waals surface area contributed by atoms with Crippen LogP contribution < -0.4 is 0 Å². The van der Waals surface area contributed by atoms with E-state index in [4.69, 9.17) is 4.99 Å². The monoisotopic (exact) mass is 376 g/mol. The Labute approximate surface area is 160 Å². The molecule has 0 saturated heterocycles. The molecule has 6 nitrogen and oxygen atoms in total. The first-order valence-corrected chi connectivity index (χ1v) is 9.24. The number of nitro benzene ring substituents is 1. The van der Waals surface area contributed by atoms with Gasteiger partial charge in [-0.2, -0.15) is 0 Å². The van der Waals surface area contributed by atoms with Crippen molar-refractivity contribution in [1.29, 1.82) is 0 Å². The zero-order chi connectivity index (χ0) is 18.6. The number of nitro groups is 1. The Hall–Kier alpha value is -3.19.